The molecule has 4 atom stereocenters. The molecule has 0 rings (SSSR count). The van der Waals surface area contributed by atoms with Crippen LogP contribution in [0.25, 0.3) is 0 Å². The number of hydrogen-bond donors (Lipinski definition) is 2. The Balaban J connectivity index is 4.69. The lowest BCUT2D eigenvalue weighted by Gasteiger charge is -2.28. The third-order valence-electron chi connectivity index (χ3n) is 4.00. The summed E-state index contributed by atoms with van der Waals surface area (Å²) in [6.07, 6.45) is -0.0895. The van der Waals surface area contributed by atoms with E-state index in [1.54, 1.807) is 13.8 Å². The van der Waals surface area contributed by atoms with Crippen LogP contribution in [-0.2, 0) is 19.1 Å². The highest BCUT2D eigenvalue weighted by Crippen LogP contribution is 2.22. The van der Waals surface area contributed by atoms with Crippen molar-refractivity contribution in [3.63, 3.8) is 0 Å². The van der Waals surface area contributed by atoms with Crippen LogP contribution in [-0.4, -0.2) is 35.5 Å². The van der Waals surface area contributed by atoms with E-state index in [-0.39, 0.29) is 24.2 Å². The fraction of sp³-hybridized carbons (Fsp3) is 0.824. The van der Waals surface area contributed by atoms with Gasteiger partial charge >= 0.3 is 18.0 Å². The third-order valence-corrected chi connectivity index (χ3v) is 4.00. The minimum Gasteiger partial charge on any atom is -0.481 e. The van der Waals surface area contributed by atoms with Gasteiger partial charge in [0, 0.05) is 13.0 Å². The van der Waals surface area contributed by atoms with Crippen molar-refractivity contribution >= 4 is 18.0 Å². The number of amides is 1. The Hall–Kier alpha value is -1.79. The van der Waals surface area contributed by atoms with Crippen LogP contribution in [0.3, 0.4) is 0 Å². The van der Waals surface area contributed by atoms with Crippen molar-refractivity contribution in [1.29, 1.82) is 0 Å². The van der Waals surface area contributed by atoms with E-state index in [9.17, 15) is 14.4 Å². The maximum atomic E-state index is 12.0. The number of rotatable bonds is 10. The van der Waals surface area contributed by atoms with E-state index in [4.69, 9.17) is 14.6 Å². The quantitative estimate of drug-likeness (QED) is 0.466. The van der Waals surface area contributed by atoms with Crippen molar-refractivity contribution in [2.45, 2.75) is 73.1 Å². The van der Waals surface area contributed by atoms with Gasteiger partial charge in [-0.1, -0.05) is 47.5 Å². The summed E-state index contributed by atoms with van der Waals surface area (Å²) < 4.78 is 9.94. The second kappa shape index (κ2) is 10.9. The highest BCUT2D eigenvalue weighted by molar-refractivity contribution is 5.73. The van der Waals surface area contributed by atoms with Gasteiger partial charge in [-0.05, 0) is 11.8 Å². The number of ether oxygens (including phenoxy) is 2. The highest BCUT2D eigenvalue weighted by Gasteiger charge is 2.27. The molecule has 0 bridgehead atoms. The van der Waals surface area contributed by atoms with E-state index >= 15 is 0 Å². The molecule has 0 saturated carbocycles. The number of carboxylic acids is 1. The molecule has 1 amide bonds. The molecular formula is C17H31NO6. The minimum absolute atomic E-state index is 0.0258. The van der Waals surface area contributed by atoms with E-state index in [0.29, 0.717) is 0 Å². The predicted octanol–water partition coefficient (Wildman–Crippen LogP) is 3.17. The Kier molecular flexibility index (Phi) is 10.1. The van der Waals surface area contributed by atoms with Crippen LogP contribution >= 0.6 is 0 Å². The first-order valence-corrected chi connectivity index (χ1v) is 8.47. The molecule has 2 N–H and O–H groups in total. The maximum Gasteiger partial charge on any atom is 0.410 e. The van der Waals surface area contributed by atoms with Crippen LogP contribution in [0.2, 0.25) is 0 Å². The van der Waals surface area contributed by atoms with Gasteiger partial charge in [0.2, 0.25) is 6.29 Å². The van der Waals surface area contributed by atoms with Crippen LogP contribution in [0.4, 0.5) is 4.79 Å². The number of alkyl carbamates (subject to hydrolysis) is 1. The van der Waals surface area contributed by atoms with Gasteiger partial charge in [-0.3, -0.25) is 9.59 Å². The summed E-state index contributed by atoms with van der Waals surface area (Å²) in [5.74, 6) is -1.55. The van der Waals surface area contributed by atoms with Crippen molar-refractivity contribution in [3.8, 4) is 0 Å². The molecule has 0 fully saturated rings. The van der Waals surface area contributed by atoms with E-state index < -0.39 is 30.4 Å². The number of carbonyl (C=O) groups is 3. The van der Waals surface area contributed by atoms with Gasteiger partial charge in [0.15, 0.2) is 0 Å². The average Bonchev–Trinajstić information content (AvgIpc) is 2.44. The first kappa shape index (κ1) is 22.2. The lowest BCUT2D eigenvalue weighted by atomic mass is 9.84. The van der Waals surface area contributed by atoms with Crippen LogP contribution in [0.15, 0.2) is 0 Å². The Morgan fingerprint density at radius 3 is 2.08 bits per heavy atom. The van der Waals surface area contributed by atoms with E-state index in [2.05, 4.69) is 12.2 Å². The number of carbonyl (C=O) groups excluding carboxylic acids is 2. The number of hydrogen-bond acceptors (Lipinski definition) is 5. The van der Waals surface area contributed by atoms with E-state index in [1.165, 1.54) is 6.92 Å². The Bertz CT molecular complexity index is 423. The summed E-state index contributed by atoms with van der Waals surface area (Å²) >= 11 is 0. The zero-order valence-corrected chi connectivity index (χ0v) is 15.5. The summed E-state index contributed by atoms with van der Waals surface area (Å²) in [4.78, 5) is 34.5. The van der Waals surface area contributed by atoms with Crippen LogP contribution in [0, 0.1) is 17.8 Å². The third kappa shape index (κ3) is 8.74. The van der Waals surface area contributed by atoms with Gasteiger partial charge in [-0.15, -0.1) is 0 Å². The second-order valence-electron chi connectivity index (χ2n) is 6.54. The fourth-order valence-electron chi connectivity index (χ4n) is 2.33. The van der Waals surface area contributed by atoms with Crippen LogP contribution in [0.1, 0.15) is 60.8 Å². The molecule has 0 aliphatic heterocycles. The van der Waals surface area contributed by atoms with Crippen molar-refractivity contribution in [2.24, 2.45) is 17.8 Å². The Morgan fingerprint density at radius 1 is 1.04 bits per heavy atom. The highest BCUT2D eigenvalue weighted by atomic mass is 16.7. The SMILES string of the molecule is CCC[C@@H](C)[C@@H](C)[C@@H](CC(=O)O)NC(=O)O[C@@H](C)OC(=O)C(C)C. The summed E-state index contributed by atoms with van der Waals surface area (Å²) in [5.41, 5.74) is 0. The normalized spacial score (nSPS) is 16.0. The van der Waals surface area contributed by atoms with Crippen molar-refractivity contribution < 1.29 is 29.0 Å². The Morgan fingerprint density at radius 2 is 1.62 bits per heavy atom. The van der Waals surface area contributed by atoms with Gasteiger partial charge in [-0.25, -0.2) is 4.79 Å². The zero-order valence-electron chi connectivity index (χ0n) is 15.5. The molecule has 0 aromatic carbocycles. The van der Waals surface area contributed by atoms with Crippen molar-refractivity contribution in [2.75, 3.05) is 0 Å². The fourth-order valence-corrected chi connectivity index (χ4v) is 2.33. The lowest BCUT2D eigenvalue weighted by Crippen LogP contribution is -2.44. The number of nitrogens with one attached hydrogen (secondary N) is 1. The van der Waals surface area contributed by atoms with Crippen LogP contribution < -0.4 is 5.32 Å². The number of carboxylic acid groups (broad SMARTS) is 1. The van der Waals surface area contributed by atoms with Gasteiger partial charge < -0.3 is 19.9 Å². The van der Waals surface area contributed by atoms with E-state index in [1.807, 2.05) is 13.8 Å². The molecule has 0 aliphatic carbocycles. The number of aliphatic carboxylic acids is 1. The number of esters is 1. The van der Waals surface area contributed by atoms with Crippen molar-refractivity contribution in [1.82, 2.24) is 5.32 Å². The predicted molar refractivity (Wildman–Crippen MR) is 89.3 cm³/mol. The van der Waals surface area contributed by atoms with Crippen molar-refractivity contribution in [3.05, 3.63) is 0 Å². The minimum atomic E-state index is -1.03. The van der Waals surface area contributed by atoms with Gasteiger partial charge in [0.25, 0.3) is 0 Å². The molecule has 0 aromatic rings. The van der Waals surface area contributed by atoms with Gasteiger partial charge in [-0.2, -0.15) is 0 Å². The molecule has 0 unspecified atom stereocenters. The van der Waals surface area contributed by atoms with Crippen LogP contribution in [0.5, 0.6) is 0 Å². The summed E-state index contributed by atoms with van der Waals surface area (Å²) in [6.45, 7) is 10.8. The topological polar surface area (TPSA) is 102 Å². The summed E-state index contributed by atoms with van der Waals surface area (Å²) in [6, 6.07) is -0.551. The summed E-state index contributed by atoms with van der Waals surface area (Å²) in [7, 11) is 0. The lowest BCUT2D eigenvalue weighted by molar-refractivity contribution is -0.168. The standard InChI is InChI=1S/C17H31NO6/c1-7-8-11(4)12(5)14(9-15(19)20)18-17(22)24-13(6)23-16(21)10(2)3/h10-14H,7-9H2,1-6H3,(H,18,22)(H,19,20)/t11-,12-,13+,14-/m1/s1. The Labute approximate surface area is 144 Å². The molecule has 140 valence electrons. The van der Waals surface area contributed by atoms with E-state index in [0.717, 1.165) is 12.8 Å². The molecule has 0 radical (unpaired) electrons. The molecule has 24 heavy (non-hydrogen) atoms. The zero-order chi connectivity index (χ0) is 18.9. The monoisotopic (exact) mass is 345 g/mol. The average molecular weight is 345 g/mol. The molecule has 7 nitrogen and oxygen atoms in total. The first-order valence-electron chi connectivity index (χ1n) is 8.47. The molecule has 0 saturated heterocycles. The molecular weight excluding hydrogens is 314 g/mol. The first-order chi connectivity index (χ1) is 11.1. The maximum absolute atomic E-state index is 12.0. The molecule has 7 heteroatoms. The molecule has 0 spiro atoms. The van der Waals surface area contributed by atoms with Gasteiger partial charge in [0.1, 0.15) is 0 Å². The van der Waals surface area contributed by atoms with Gasteiger partial charge in [0.05, 0.1) is 12.3 Å². The largest absolute Gasteiger partial charge is 0.481 e. The smallest absolute Gasteiger partial charge is 0.410 e. The summed E-state index contributed by atoms with van der Waals surface area (Å²) in [5, 5.41) is 11.6. The molecule has 0 aliphatic rings. The second-order valence-corrected chi connectivity index (χ2v) is 6.54. The molecule has 0 aromatic heterocycles. The molecule has 0 heterocycles.